The van der Waals surface area contributed by atoms with Crippen molar-refractivity contribution in [2.45, 2.75) is 10.1 Å². The van der Waals surface area contributed by atoms with Crippen LogP contribution in [-0.2, 0) is 7.05 Å². The molecule has 7 heteroatoms. The van der Waals surface area contributed by atoms with Gasteiger partial charge in [-0.15, -0.1) is 5.10 Å². The van der Waals surface area contributed by atoms with Crippen LogP contribution in [0.2, 0.25) is 0 Å². The lowest BCUT2D eigenvalue weighted by atomic mass is 10.3. The molecule has 6 nitrogen and oxygen atoms in total. The minimum Gasteiger partial charge on any atom is -0.397 e. The highest BCUT2D eigenvalue weighted by Crippen LogP contribution is 2.28. The zero-order valence-electron chi connectivity index (χ0n) is 8.08. The van der Waals surface area contributed by atoms with Gasteiger partial charge in [0.05, 0.1) is 11.4 Å². The Morgan fingerprint density at radius 3 is 2.67 bits per heavy atom. The molecule has 0 aliphatic rings. The van der Waals surface area contributed by atoms with Gasteiger partial charge in [-0.25, -0.2) is 4.68 Å². The van der Waals surface area contributed by atoms with Crippen molar-refractivity contribution in [3.8, 4) is 0 Å². The average Bonchev–Trinajstić information content (AvgIpc) is 2.59. The van der Waals surface area contributed by atoms with Gasteiger partial charge >= 0.3 is 0 Å². The molecular weight excluding hydrogens is 212 g/mol. The van der Waals surface area contributed by atoms with E-state index in [0.29, 0.717) is 16.5 Å². The van der Waals surface area contributed by atoms with Crippen LogP contribution in [-0.4, -0.2) is 20.2 Å². The van der Waals surface area contributed by atoms with Crippen LogP contribution in [0.5, 0.6) is 0 Å². The lowest BCUT2D eigenvalue weighted by Gasteiger charge is -2.03. The van der Waals surface area contributed by atoms with E-state index in [0.717, 1.165) is 4.90 Å². The van der Waals surface area contributed by atoms with Crippen molar-refractivity contribution in [1.82, 2.24) is 20.2 Å². The minimum absolute atomic E-state index is 0.565. The Hall–Kier alpha value is -1.76. The zero-order valence-corrected chi connectivity index (χ0v) is 8.90. The second-order valence-electron chi connectivity index (χ2n) is 2.98. The van der Waals surface area contributed by atoms with Gasteiger partial charge in [0.25, 0.3) is 0 Å². The highest BCUT2D eigenvalue weighted by molar-refractivity contribution is 7.99. The van der Waals surface area contributed by atoms with E-state index in [1.165, 1.54) is 11.8 Å². The summed E-state index contributed by atoms with van der Waals surface area (Å²) in [6.45, 7) is 0. The Morgan fingerprint density at radius 1 is 1.27 bits per heavy atom. The Balaban J connectivity index is 2.25. The molecule has 15 heavy (non-hydrogen) atoms. The topological polar surface area (TPSA) is 95.6 Å². The molecule has 0 aliphatic heterocycles. The molecule has 1 aromatic carbocycles. The van der Waals surface area contributed by atoms with E-state index in [-0.39, 0.29) is 0 Å². The summed E-state index contributed by atoms with van der Waals surface area (Å²) in [5.74, 6) is 0. The molecular formula is C8H10N6S. The number of anilines is 2. The molecule has 0 amide bonds. The van der Waals surface area contributed by atoms with Gasteiger partial charge in [-0.2, -0.15) is 0 Å². The number of nitrogens with zero attached hydrogens (tertiary/aromatic N) is 4. The monoisotopic (exact) mass is 222 g/mol. The van der Waals surface area contributed by atoms with Crippen LogP contribution >= 0.6 is 11.8 Å². The predicted molar refractivity (Wildman–Crippen MR) is 58.2 cm³/mol. The molecule has 0 saturated carbocycles. The van der Waals surface area contributed by atoms with E-state index >= 15 is 0 Å². The molecule has 0 saturated heterocycles. The van der Waals surface area contributed by atoms with Gasteiger partial charge in [-0.1, -0.05) is 0 Å². The molecule has 0 fully saturated rings. The number of hydrogen-bond donors (Lipinski definition) is 2. The number of nitrogen functional groups attached to an aromatic ring is 2. The van der Waals surface area contributed by atoms with Crippen molar-refractivity contribution in [2.24, 2.45) is 7.05 Å². The van der Waals surface area contributed by atoms with Gasteiger partial charge in [0, 0.05) is 11.9 Å². The van der Waals surface area contributed by atoms with E-state index in [9.17, 15) is 0 Å². The molecule has 0 unspecified atom stereocenters. The first-order valence-electron chi connectivity index (χ1n) is 4.22. The van der Waals surface area contributed by atoms with E-state index in [4.69, 9.17) is 11.5 Å². The van der Waals surface area contributed by atoms with Crippen molar-refractivity contribution >= 4 is 23.1 Å². The standard InChI is InChI=1S/C8H10N6S/c1-14-8(11-12-13-14)15-5-2-3-6(9)7(10)4-5/h2-4H,9-10H2,1H3. The van der Waals surface area contributed by atoms with Crippen molar-refractivity contribution in [2.75, 3.05) is 11.5 Å². The number of tetrazole rings is 1. The van der Waals surface area contributed by atoms with Crippen LogP contribution in [0.1, 0.15) is 0 Å². The van der Waals surface area contributed by atoms with E-state index < -0.39 is 0 Å². The van der Waals surface area contributed by atoms with Gasteiger partial charge in [0.2, 0.25) is 5.16 Å². The van der Waals surface area contributed by atoms with Crippen molar-refractivity contribution in [3.63, 3.8) is 0 Å². The molecule has 0 radical (unpaired) electrons. The fourth-order valence-corrected chi connectivity index (χ4v) is 1.81. The summed E-state index contributed by atoms with van der Waals surface area (Å²) in [5.41, 5.74) is 12.4. The van der Waals surface area contributed by atoms with Gasteiger partial charge in [0.15, 0.2) is 0 Å². The summed E-state index contributed by atoms with van der Waals surface area (Å²) in [5, 5.41) is 11.8. The second kappa shape index (κ2) is 3.77. The Morgan fingerprint density at radius 2 is 2.07 bits per heavy atom. The van der Waals surface area contributed by atoms with Gasteiger partial charge < -0.3 is 11.5 Å². The largest absolute Gasteiger partial charge is 0.397 e. The van der Waals surface area contributed by atoms with Crippen LogP contribution in [0.3, 0.4) is 0 Å². The number of aryl methyl sites for hydroxylation is 1. The third-order valence-corrected chi connectivity index (χ3v) is 2.87. The lowest BCUT2D eigenvalue weighted by molar-refractivity contribution is 0.664. The summed E-state index contributed by atoms with van der Waals surface area (Å²) in [6.07, 6.45) is 0. The summed E-state index contributed by atoms with van der Waals surface area (Å²) in [4.78, 5) is 0.958. The molecule has 0 spiro atoms. The fraction of sp³-hybridized carbons (Fsp3) is 0.125. The summed E-state index contributed by atoms with van der Waals surface area (Å²) >= 11 is 1.44. The SMILES string of the molecule is Cn1nnnc1Sc1ccc(N)c(N)c1. The number of nitrogens with two attached hydrogens (primary N) is 2. The summed E-state index contributed by atoms with van der Waals surface area (Å²) in [7, 11) is 1.78. The van der Waals surface area contributed by atoms with Gasteiger partial charge in [-0.3, -0.25) is 0 Å². The molecule has 1 aromatic heterocycles. The molecule has 0 aliphatic carbocycles. The number of aromatic nitrogens is 4. The molecule has 2 aromatic rings. The first-order chi connectivity index (χ1) is 7.16. The molecule has 4 N–H and O–H groups in total. The van der Waals surface area contributed by atoms with E-state index in [1.54, 1.807) is 23.9 Å². The number of benzene rings is 1. The van der Waals surface area contributed by atoms with Crippen molar-refractivity contribution in [1.29, 1.82) is 0 Å². The van der Waals surface area contributed by atoms with Crippen LogP contribution in [0.15, 0.2) is 28.3 Å². The Labute approximate surface area is 90.6 Å². The maximum atomic E-state index is 5.69. The van der Waals surface area contributed by atoms with Gasteiger partial charge in [0.1, 0.15) is 0 Å². The quantitative estimate of drug-likeness (QED) is 0.719. The van der Waals surface area contributed by atoms with Gasteiger partial charge in [-0.05, 0) is 40.4 Å². The van der Waals surface area contributed by atoms with Crippen molar-refractivity contribution in [3.05, 3.63) is 18.2 Å². The minimum atomic E-state index is 0.565. The highest BCUT2D eigenvalue weighted by atomic mass is 32.2. The lowest BCUT2D eigenvalue weighted by Crippen LogP contribution is -1.95. The average molecular weight is 222 g/mol. The molecule has 0 bridgehead atoms. The van der Waals surface area contributed by atoms with Crippen LogP contribution in [0.25, 0.3) is 0 Å². The molecule has 0 atom stereocenters. The van der Waals surface area contributed by atoms with Crippen LogP contribution in [0, 0.1) is 0 Å². The van der Waals surface area contributed by atoms with E-state index in [2.05, 4.69) is 15.5 Å². The number of rotatable bonds is 2. The molecule has 78 valence electrons. The maximum Gasteiger partial charge on any atom is 0.213 e. The third-order valence-electron chi connectivity index (χ3n) is 1.85. The number of hydrogen-bond acceptors (Lipinski definition) is 6. The normalized spacial score (nSPS) is 10.5. The van der Waals surface area contributed by atoms with Crippen LogP contribution < -0.4 is 11.5 Å². The Bertz CT molecular complexity index is 480. The third kappa shape index (κ3) is 2.01. The highest BCUT2D eigenvalue weighted by Gasteiger charge is 2.05. The smallest absolute Gasteiger partial charge is 0.213 e. The second-order valence-corrected chi connectivity index (χ2v) is 4.02. The van der Waals surface area contributed by atoms with E-state index in [1.807, 2.05) is 6.07 Å². The van der Waals surface area contributed by atoms with Crippen molar-refractivity contribution < 1.29 is 0 Å². The molecule has 1 heterocycles. The first-order valence-corrected chi connectivity index (χ1v) is 5.03. The Kier molecular flexibility index (Phi) is 2.46. The fourth-order valence-electron chi connectivity index (χ4n) is 1.03. The zero-order chi connectivity index (χ0) is 10.8. The molecule has 2 rings (SSSR count). The first kappa shape index (κ1) is 9.78. The predicted octanol–water partition coefficient (Wildman–Crippen LogP) is 0.526. The maximum absolute atomic E-state index is 5.69. The summed E-state index contributed by atoms with van der Waals surface area (Å²) in [6, 6.07) is 5.45. The van der Waals surface area contributed by atoms with Crippen LogP contribution in [0.4, 0.5) is 11.4 Å². The summed E-state index contributed by atoms with van der Waals surface area (Å²) < 4.78 is 1.59.